The Labute approximate surface area is 101 Å². The molecule has 2 nitrogen and oxygen atoms in total. The minimum absolute atomic E-state index is 0.200. The predicted molar refractivity (Wildman–Crippen MR) is 69.2 cm³/mol. The molecule has 0 amide bonds. The van der Waals surface area contributed by atoms with Crippen LogP contribution < -0.4 is 0 Å². The molecule has 0 fully saturated rings. The van der Waals surface area contributed by atoms with Gasteiger partial charge in [-0.05, 0) is 24.1 Å². The van der Waals surface area contributed by atoms with Gasteiger partial charge in [0, 0.05) is 11.1 Å². The molecule has 0 spiro atoms. The number of para-hydroxylation sites is 1. The molecule has 0 radical (unpaired) electrons. The van der Waals surface area contributed by atoms with Crippen LogP contribution in [0.5, 0.6) is 11.5 Å². The molecule has 0 aliphatic carbocycles. The molecule has 0 aliphatic rings. The first kappa shape index (κ1) is 11.5. The third-order valence-corrected chi connectivity index (χ3v) is 2.82. The van der Waals surface area contributed by atoms with Crippen molar-refractivity contribution in [1.29, 1.82) is 0 Å². The lowest BCUT2D eigenvalue weighted by Crippen LogP contribution is -1.90. The van der Waals surface area contributed by atoms with Gasteiger partial charge in [-0.1, -0.05) is 43.7 Å². The predicted octanol–water partition coefficient (Wildman–Crippen LogP) is 3.72. The highest BCUT2D eigenvalue weighted by Crippen LogP contribution is 2.37. The molecule has 2 aromatic rings. The van der Waals surface area contributed by atoms with Crippen LogP contribution in [-0.4, -0.2) is 10.2 Å². The largest absolute Gasteiger partial charge is 0.507 e. The molecule has 2 aromatic carbocycles. The summed E-state index contributed by atoms with van der Waals surface area (Å²) in [6.07, 6.45) is 1.89. The van der Waals surface area contributed by atoms with E-state index in [1.807, 2.05) is 24.3 Å². The fourth-order valence-electron chi connectivity index (χ4n) is 2.06. The lowest BCUT2D eigenvalue weighted by molar-refractivity contribution is 0.468. The van der Waals surface area contributed by atoms with Crippen LogP contribution in [-0.2, 0) is 6.42 Å². The van der Waals surface area contributed by atoms with Crippen molar-refractivity contribution >= 4 is 0 Å². The Morgan fingerprint density at radius 3 is 2.29 bits per heavy atom. The van der Waals surface area contributed by atoms with E-state index in [0.29, 0.717) is 5.56 Å². The monoisotopic (exact) mass is 228 g/mol. The maximum Gasteiger partial charge on any atom is 0.123 e. The number of hydrogen-bond donors (Lipinski definition) is 2. The quantitative estimate of drug-likeness (QED) is 0.840. The second kappa shape index (κ2) is 4.91. The molecular weight excluding hydrogens is 212 g/mol. The summed E-state index contributed by atoms with van der Waals surface area (Å²) in [4.78, 5) is 0. The minimum Gasteiger partial charge on any atom is -0.507 e. The van der Waals surface area contributed by atoms with Crippen LogP contribution in [0.25, 0.3) is 11.1 Å². The number of phenols is 2. The average molecular weight is 228 g/mol. The SMILES string of the molecule is CCCc1cccc(O)c1-c1ccccc1O. The van der Waals surface area contributed by atoms with Crippen molar-refractivity contribution in [3.05, 3.63) is 48.0 Å². The van der Waals surface area contributed by atoms with Crippen molar-refractivity contribution < 1.29 is 10.2 Å². The van der Waals surface area contributed by atoms with E-state index < -0.39 is 0 Å². The number of phenolic OH excluding ortho intramolecular Hbond substituents is 2. The van der Waals surface area contributed by atoms with Gasteiger partial charge in [0.25, 0.3) is 0 Å². The molecule has 2 N–H and O–H groups in total. The van der Waals surface area contributed by atoms with Gasteiger partial charge in [-0.3, -0.25) is 0 Å². The van der Waals surface area contributed by atoms with Crippen molar-refractivity contribution in [2.45, 2.75) is 19.8 Å². The Morgan fingerprint density at radius 2 is 1.59 bits per heavy atom. The van der Waals surface area contributed by atoms with Gasteiger partial charge in [0.05, 0.1) is 0 Å². The van der Waals surface area contributed by atoms with Crippen LogP contribution in [0.1, 0.15) is 18.9 Å². The number of hydrogen-bond acceptors (Lipinski definition) is 2. The Balaban J connectivity index is 2.61. The molecule has 0 bridgehead atoms. The highest BCUT2D eigenvalue weighted by molar-refractivity contribution is 5.78. The zero-order valence-electron chi connectivity index (χ0n) is 9.85. The summed E-state index contributed by atoms with van der Waals surface area (Å²) in [6, 6.07) is 12.6. The normalized spacial score (nSPS) is 10.4. The Bertz CT molecular complexity index is 518. The van der Waals surface area contributed by atoms with Gasteiger partial charge >= 0.3 is 0 Å². The summed E-state index contributed by atoms with van der Waals surface area (Å²) in [5.41, 5.74) is 2.50. The lowest BCUT2D eigenvalue weighted by Gasteiger charge is -2.12. The van der Waals surface area contributed by atoms with E-state index in [0.717, 1.165) is 24.0 Å². The van der Waals surface area contributed by atoms with Crippen molar-refractivity contribution in [1.82, 2.24) is 0 Å². The highest BCUT2D eigenvalue weighted by Gasteiger charge is 2.12. The third-order valence-electron chi connectivity index (χ3n) is 2.82. The third kappa shape index (κ3) is 2.26. The molecule has 17 heavy (non-hydrogen) atoms. The van der Waals surface area contributed by atoms with Gasteiger partial charge in [-0.2, -0.15) is 0 Å². The van der Waals surface area contributed by atoms with Crippen molar-refractivity contribution in [3.63, 3.8) is 0 Å². The smallest absolute Gasteiger partial charge is 0.123 e. The van der Waals surface area contributed by atoms with Crippen molar-refractivity contribution in [2.24, 2.45) is 0 Å². The Morgan fingerprint density at radius 1 is 0.882 bits per heavy atom. The fraction of sp³-hybridized carbons (Fsp3) is 0.200. The first-order chi connectivity index (χ1) is 8.24. The minimum atomic E-state index is 0.200. The number of benzene rings is 2. The van der Waals surface area contributed by atoms with E-state index in [9.17, 15) is 10.2 Å². The second-order valence-electron chi connectivity index (χ2n) is 4.08. The molecule has 0 saturated carbocycles. The molecule has 0 heterocycles. The maximum absolute atomic E-state index is 9.98. The van der Waals surface area contributed by atoms with Gasteiger partial charge in [0.2, 0.25) is 0 Å². The fourth-order valence-corrected chi connectivity index (χ4v) is 2.06. The molecular formula is C15H16O2. The summed E-state index contributed by atoms with van der Waals surface area (Å²) in [6.45, 7) is 2.10. The Hall–Kier alpha value is -1.96. The van der Waals surface area contributed by atoms with Crippen molar-refractivity contribution in [3.8, 4) is 22.6 Å². The Kier molecular flexibility index (Phi) is 3.33. The molecule has 0 saturated heterocycles. The van der Waals surface area contributed by atoms with E-state index >= 15 is 0 Å². The van der Waals surface area contributed by atoms with Gasteiger partial charge in [-0.15, -0.1) is 0 Å². The first-order valence-corrected chi connectivity index (χ1v) is 5.83. The summed E-state index contributed by atoms with van der Waals surface area (Å²) in [7, 11) is 0. The van der Waals surface area contributed by atoms with Crippen LogP contribution in [0.2, 0.25) is 0 Å². The van der Waals surface area contributed by atoms with Gasteiger partial charge < -0.3 is 10.2 Å². The summed E-state index contributed by atoms with van der Waals surface area (Å²) in [5.74, 6) is 0.420. The topological polar surface area (TPSA) is 40.5 Å². The molecule has 0 aromatic heterocycles. The zero-order chi connectivity index (χ0) is 12.3. The molecule has 0 unspecified atom stereocenters. The first-order valence-electron chi connectivity index (χ1n) is 5.83. The zero-order valence-corrected chi connectivity index (χ0v) is 9.85. The van der Waals surface area contributed by atoms with E-state index in [1.165, 1.54) is 0 Å². The second-order valence-corrected chi connectivity index (χ2v) is 4.08. The molecule has 2 heteroatoms. The van der Waals surface area contributed by atoms with E-state index in [4.69, 9.17) is 0 Å². The number of aryl methyl sites for hydroxylation is 1. The molecule has 2 rings (SSSR count). The van der Waals surface area contributed by atoms with Crippen LogP contribution in [0.3, 0.4) is 0 Å². The maximum atomic E-state index is 9.98. The highest BCUT2D eigenvalue weighted by atomic mass is 16.3. The van der Waals surface area contributed by atoms with Gasteiger partial charge in [0.1, 0.15) is 11.5 Å². The van der Waals surface area contributed by atoms with Crippen LogP contribution in [0.4, 0.5) is 0 Å². The van der Waals surface area contributed by atoms with Gasteiger partial charge in [0.15, 0.2) is 0 Å². The lowest BCUT2D eigenvalue weighted by atomic mass is 9.95. The van der Waals surface area contributed by atoms with E-state index in [2.05, 4.69) is 6.92 Å². The number of aromatic hydroxyl groups is 2. The van der Waals surface area contributed by atoms with E-state index in [-0.39, 0.29) is 11.5 Å². The molecule has 88 valence electrons. The van der Waals surface area contributed by atoms with Crippen LogP contribution >= 0.6 is 0 Å². The summed E-state index contributed by atoms with van der Waals surface area (Å²) in [5, 5.41) is 19.9. The summed E-state index contributed by atoms with van der Waals surface area (Å²) < 4.78 is 0. The average Bonchev–Trinajstić information content (AvgIpc) is 2.31. The molecule has 0 aliphatic heterocycles. The van der Waals surface area contributed by atoms with Crippen molar-refractivity contribution in [2.75, 3.05) is 0 Å². The standard InChI is InChI=1S/C15H16O2/c1-2-6-11-7-5-10-14(17)15(11)12-8-3-4-9-13(12)16/h3-5,7-10,16-17H,2,6H2,1H3. The van der Waals surface area contributed by atoms with Gasteiger partial charge in [-0.25, -0.2) is 0 Å². The van der Waals surface area contributed by atoms with E-state index in [1.54, 1.807) is 18.2 Å². The summed E-state index contributed by atoms with van der Waals surface area (Å²) >= 11 is 0. The van der Waals surface area contributed by atoms with Crippen LogP contribution in [0.15, 0.2) is 42.5 Å². The van der Waals surface area contributed by atoms with Crippen LogP contribution in [0, 0.1) is 0 Å². The molecule has 0 atom stereocenters. The number of rotatable bonds is 3.